The van der Waals surface area contributed by atoms with Crippen molar-refractivity contribution in [1.29, 1.82) is 0 Å². The Morgan fingerprint density at radius 2 is 1.84 bits per heavy atom. The SMILES string of the molecule is C=C.C=C(C)OC1=C(C)CCN(CCn2nc(-c3ccc(F)c(C)c3)cc2CC)CC1. The second-order valence-electron chi connectivity index (χ2n) is 7.91. The third kappa shape index (κ3) is 6.66. The molecular weight excluding hydrogens is 389 g/mol. The van der Waals surface area contributed by atoms with Crippen LogP contribution in [-0.4, -0.2) is 34.3 Å². The summed E-state index contributed by atoms with van der Waals surface area (Å²) < 4.78 is 21.5. The van der Waals surface area contributed by atoms with E-state index in [9.17, 15) is 4.39 Å². The lowest BCUT2D eigenvalue weighted by molar-refractivity contribution is 0.246. The lowest BCUT2D eigenvalue weighted by atomic mass is 10.1. The highest BCUT2D eigenvalue weighted by molar-refractivity contribution is 5.60. The highest BCUT2D eigenvalue weighted by Crippen LogP contribution is 2.23. The fraction of sp³-hybridized carbons (Fsp3) is 0.423. The fourth-order valence-corrected chi connectivity index (χ4v) is 3.74. The molecule has 0 atom stereocenters. The molecule has 4 nitrogen and oxygen atoms in total. The van der Waals surface area contributed by atoms with Crippen LogP contribution < -0.4 is 0 Å². The van der Waals surface area contributed by atoms with Gasteiger partial charge in [-0.1, -0.05) is 13.5 Å². The summed E-state index contributed by atoms with van der Waals surface area (Å²) in [6.07, 6.45) is 2.85. The Balaban J connectivity index is 0.00000166. The molecular formula is C26H36FN3O. The molecule has 1 aliphatic heterocycles. The number of rotatable bonds is 7. The topological polar surface area (TPSA) is 30.3 Å². The molecule has 5 heteroatoms. The van der Waals surface area contributed by atoms with Crippen LogP contribution in [0.2, 0.25) is 0 Å². The van der Waals surface area contributed by atoms with Crippen LogP contribution in [0.3, 0.4) is 0 Å². The molecule has 31 heavy (non-hydrogen) atoms. The zero-order valence-corrected chi connectivity index (χ0v) is 19.5. The van der Waals surface area contributed by atoms with E-state index in [1.807, 2.05) is 13.0 Å². The Kier molecular flexibility index (Phi) is 9.25. The van der Waals surface area contributed by atoms with E-state index in [0.717, 1.165) is 68.2 Å². The summed E-state index contributed by atoms with van der Waals surface area (Å²) in [5.74, 6) is 1.65. The Morgan fingerprint density at radius 3 is 2.48 bits per heavy atom. The molecule has 0 saturated carbocycles. The first-order valence-corrected chi connectivity index (χ1v) is 10.9. The van der Waals surface area contributed by atoms with Gasteiger partial charge in [-0.15, -0.1) is 13.2 Å². The number of hydrogen-bond acceptors (Lipinski definition) is 3. The third-order valence-corrected chi connectivity index (χ3v) is 5.54. The van der Waals surface area contributed by atoms with E-state index in [4.69, 9.17) is 9.84 Å². The molecule has 0 spiro atoms. The predicted octanol–water partition coefficient (Wildman–Crippen LogP) is 6.28. The molecule has 0 N–H and O–H groups in total. The predicted molar refractivity (Wildman–Crippen MR) is 127 cm³/mol. The molecule has 2 heterocycles. The van der Waals surface area contributed by atoms with Crippen molar-refractivity contribution < 1.29 is 9.13 Å². The van der Waals surface area contributed by atoms with Crippen LogP contribution in [0, 0.1) is 12.7 Å². The second kappa shape index (κ2) is 11.7. The largest absolute Gasteiger partial charge is 0.467 e. The van der Waals surface area contributed by atoms with Crippen LogP contribution in [0.1, 0.15) is 44.9 Å². The maximum Gasteiger partial charge on any atom is 0.126 e. The second-order valence-corrected chi connectivity index (χ2v) is 7.91. The van der Waals surface area contributed by atoms with E-state index >= 15 is 0 Å². The number of hydrogen-bond donors (Lipinski definition) is 0. The van der Waals surface area contributed by atoms with Gasteiger partial charge in [0.05, 0.1) is 18.0 Å². The molecule has 0 amide bonds. The molecule has 1 aromatic heterocycles. The van der Waals surface area contributed by atoms with Gasteiger partial charge in [0.15, 0.2) is 0 Å². The number of nitrogens with zero attached hydrogens (tertiary/aromatic N) is 3. The van der Waals surface area contributed by atoms with Crippen molar-refractivity contribution in [3.8, 4) is 11.3 Å². The standard InChI is InChI=1S/C24H32FN3O.C2H4/c1-6-21-16-23(20-7-8-22(25)19(5)15-20)26-28(21)14-13-27-11-9-18(4)24(10-12-27)29-17(2)3;1-2/h7-8,15-16H,2,6,9-14H2,1,3-5H3;1-2H2. The van der Waals surface area contributed by atoms with Gasteiger partial charge in [-0.2, -0.15) is 5.10 Å². The van der Waals surface area contributed by atoms with Gasteiger partial charge in [-0.05, 0) is 69.0 Å². The summed E-state index contributed by atoms with van der Waals surface area (Å²) in [5, 5.41) is 4.82. The van der Waals surface area contributed by atoms with Gasteiger partial charge < -0.3 is 9.64 Å². The summed E-state index contributed by atoms with van der Waals surface area (Å²) in [5.41, 5.74) is 5.05. The van der Waals surface area contributed by atoms with E-state index in [0.29, 0.717) is 5.56 Å². The minimum Gasteiger partial charge on any atom is -0.467 e. The Morgan fingerprint density at radius 1 is 1.13 bits per heavy atom. The third-order valence-electron chi connectivity index (χ3n) is 5.54. The van der Waals surface area contributed by atoms with Gasteiger partial charge in [-0.25, -0.2) is 4.39 Å². The quantitative estimate of drug-likeness (QED) is 0.386. The Hall–Kier alpha value is -2.66. The zero-order valence-electron chi connectivity index (χ0n) is 19.5. The highest BCUT2D eigenvalue weighted by atomic mass is 19.1. The van der Waals surface area contributed by atoms with Crippen molar-refractivity contribution in [3.05, 3.63) is 78.2 Å². The van der Waals surface area contributed by atoms with Gasteiger partial charge >= 0.3 is 0 Å². The summed E-state index contributed by atoms with van der Waals surface area (Å²) in [6.45, 7) is 21.7. The highest BCUT2D eigenvalue weighted by Gasteiger charge is 2.16. The van der Waals surface area contributed by atoms with E-state index in [2.05, 4.69) is 49.2 Å². The molecule has 0 saturated heterocycles. The van der Waals surface area contributed by atoms with E-state index in [1.165, 1.54) is 17.3 Å². The minimum atomic E-state index is -0.177. The molecule has 0 unspecified atom stereocenters. The Labute approximate surface area is 186 Å². The number of benzene rings is 1. The number of allylic oxidation sites excluding steroid dienone is 1. The van der Waals surface area contributed by atoms with Gasteiger partial charge in [-0.3, -0.25) is 4.68 Å². The molecule has 3 rings (SSSR count). The molecule has 168 valence electrons. The van der Waals surface area contributed by atoms with Crippen molar-refractivity contribution >= 4 is 0 Å². The normalized spacial score (nSPS) is 14.6. The van der Waals surface area contributed by atoms with E-state index in [-0.39, 0.29) is 5.82 Å². The smallest absolute Gasteiger partial charge is 0.126 e. The summed E-state index contributed by atoms with van der Waals surface area (Å²) >= 11 is 0. The van der Waals surface area contributed by atoms with Gasteiger partial charge in [0, 0.05) is 37.3 Å². The molecule has 1 aliphatic rings. The molecule has 0 bridgehead atoms. The van der Waals surface area contributed by atoms with Crippen molar-refractivity contribution in [3.63, 3.8) is 0 Å². The van der Waals surface area contributed by atoms with Gasteiger partial charge in [0.25, 0.3) is 0 Å². The first-order valence-electron chi connectivity index (χ1n) is 10.9. The lowest BCUT2D eigenvalue weighted by Crippen LogP contribution is -2.29. The first kappa shape index (κ1) is 24.6. The number of aryl methyl sites for hydroxylation is 2. The summed E-state index contributed by atoms with van der Waals surface area (Å²) in [6, 6.07) is 7.32. The monoisotopic (exact) mass is 425 g/mol. The molecule has 0 fully saturated rings. The van der Waals surface area contributed by atoms with Crippen molar-refractivity contribution in [2.75, 3.05) is 19.6 Å². The van der Waals surface area contributed by atoms with Crippen molar-refractivity contribution in [1.82, 2.24) is 14.7 Å². The fourth-order valence-electron chi connectivity index (χ4n) is 3.74. The van der Waals surface area contributed by atoms with Crippen LogP contribution in [0.25, 0.3) is 11.3 Å². The number of ether oxygens (including phenoxy) is 1. The lowest BCUT2D eigenvalue weighted by Gasteiger charge is -2.20. The van der Waals surface area contributed by atoms with Crippen molar-refractivity contribution in [2.24, 2.45) is 0 Å². The zero-order chi connectivity index (χ0) is 23.0. The van der Waals surface area contributed by atoms with Crippen LogP contribution in [0.5, 0.6) is 0 Å². The number of aromatic nitrogens is 2. The first-order chi connectivity index (χ1) is 14.9. The van der Waals surface area contributed by atoms with Crippen molar-refractivity contribution in [2.45, 2.75) is 53.5 Å². The van der Waals surface area contributed by atoms with Gasteiger partial charge in [0.1, 0.15) is 11.6 Å². The summed E-state index contributed by atoms with van der Waals surface area (Å²) in [4.78, 5) is 2.47. The molecule has 0 aliphatic carbocycles. The van der Waals surface area contributed by atoms with Gasteiger partial charge in [0.2, 0.25) is 0 Å². The Bertz CT molecular complexity index is 929. The van der Waals surface area contributed by atoms with E-state index in [1.54, 1.807) is 13.0 Å². The van der Waals surface area contributed by atoms with Crippen LogP contribution >= 0.6 is 0 Å². The maximum atomic E-state index is 13.6. The molecule has 0 radical (unpaired) electrons. The average Bonchev–Trinajstić information content (AvgIpc) is 3.10. The summed E-state index contributed by atoms with van der Waals surface area (Å²) in [7, 11) is 0. The van der Waals surface area contributed by atoms with Crippen LogP contribution in [0.4, 0.5) is 4.39 Å². The average molecular weight is 426 g/mol. The molecule has 1 aromatic carbocycles. The maximum absolute atomic E-state index is 13.6. The minimum absolute atomic E-state index is 0.177. The number of halogens is 1. The van der Waals surface area contributed by atoms with Crippen LogP contribution in [0.15, 0.2) is 61.1 Å². The van der Waals surface area contributed by atoms with Crippen LogP contribution in [-0.2, 0) is 17.7 Å². The molecule has 2 aromatic rings. The van der Waals surface area contributed by atoms with E-state index < -0.39 is 0 Å².